The Labute approximate surface area is 60.0 Å². The van der Waals surface area contributed by atoms with Crippen LogP contribution in [-0.4, -0.2) is 11.9 Å². The van der Waals surface area contributed by atoms with Crippen LogP contribution in [0.15, 0.2) is 0 Å². The molecule has 0 aliphatic rings. The lowest BCUT2D eigenvalue weighted by Crippen LogP contribution is -2.22. The molecule has 0 bridgehead atoms. The Bertz CT molecular complexity index is 148. The van der Waals surface area contributed by atoms with Gasteiger partial charge >= 0.3 is 0 Å². The highest BCUT2D eigenvalue weighted by molar-refractivity contribution is 5.77. The van der Waals surface area contributed by atoms with E-state index in [0.29, 0.717) is 12.8 Å². The first-order valence-corrected chi connectivity index (χ1v) is 3.10. The van der Waals surface area contributed by atoms with Crippen molar-refractivity contribution in [1.29, 1.82) is 5.26 Å². The van der Waals surface area contributed by atoms with Crippen molar-refractivity contribution in [2.24, 2.45) is 5.73 Å². The largest absolute Gasteiger partial charge is 0.328 e. The number of carbonyl (C=O) groups excluding carboxylic acids is 1. The first kappa shape index (κ1) is 8.92. The third-order valence-corrected chi connectivity index (χ3v) is 1.02. The minimum absolute atomic E-state index is 0.0180. The standard InChI is InChI=1S/C6H11N3O/c1-5(8)2-3-6(10)9-4-7/h5H,2-3,8H2,1H3,(H,9,10). The van der Waals surface area contributed by atoms with Crippen LogP contribution in [0.2, 0.25) is 0 Å². The maximum atomic E-state index is 10.6. The van der Waals surface area contributed by atoms with E-state index in [0.717, 1.165) is 0 Å². The van der Waals surface area contributed by atoms with E-state index in [1.54, 1.807) is 6.19 Å². The molecule has 1 amide bonds. The number of nitriles is 1. The number of nitrogens with zero attached hydrogens (tertiary/aromatic N) is 1. The zero-order valence-corrected chi connectivity index (χ0v) is 5.92. The Hall–Kier alpha value is -1.08. The van der Waals surface area contributed by atoms with Gasteiger partial charge in [0.05, 0.1) is 0 Å². The summed E-state index contributed by atoms with van der Waals surface area (Å²) in [4.78, 5) is 10.6. The van der Waals surface area contributed by atoms with Gasteiger partial charge in [0.25, 0.3) is 0 Å². The molecule has 0 saturated heterocycles. The van der Waals surface area contributed by atoms with E-state index in [4.69, 9.17) is 11.0 Å². The molecule has 0 spiro atoms. The molecule has 0 rings (SSSR count). The Balaban J connectivity index is 3.33. The smallest absolute Gasteiger partial charge is 0.233 e. The molecule has 56 valence electrons. The predicted octanol–water partition coefficient (Wildman–Crippen LogP) is -0.289. The van der Waals surface area contributed by atoms with Gasteiger partial charge in [0.1, 0.15) is 0 Å². The van der Waals surface area contributed by atoms with Crippen molar-refractivity contribution in [3.63, 3.8) is 0 Å². The molecule has 0 fully saturated rings. The zero-order valence-electron chi connectivity index (χ0n) is 5.92. The van der Waals surface area contributed by atoms with Crippen LogP contribution in [0.4, 0.5) is 0 Å². The number of carbonyl (C=O) groups is 1. The van der Waals surface area contributed by atoms with Gasteiger partial charge in [-0.2, -0.15) is 5.26 Å². The van der Waals surface area contributed by atoms with Gasteiger partial charge in [-0.1, -0.05) is 0 Å². The highest BCUT2D eigenvalue weighted by Crippen LogP contribution is 1.91. The second-order valence-electron chi connectivity index (χ2n) is 2.18. The lowest BCUT2D eigenvalue weighted by atomic mass is 10.2. The fraction of sp³-hybridized carbons (Fsp3) is 0.667. The van der Waals surface area contributed by atoms with Crippen LogP contribution in [0, 0.1) is 11.5 Å². The molecule has 0 aromatic rings. The maximum absolute atomic E-state index is 10.6. The molecule has 3 N–H and O–H groups in total. The van der Waals surface area contributed by atoms with Crippen molar-refractivity contribution >= 4 is 5.91 Å². The summed E-state index contributed by atoms with van der Waals surface area (Å²) in [5.74, 6) is -0.264. The van der Waals surface area contributed by atoms with Gasteiger partial charge in [-0.05, 0) is 13.3 Å². The summed E-state index contributed by atoms with van der Waals surface area (Å²) >= 11 is 0. The SMILES string of the molecule is CC(N)CCC(=O)NC#N. The Morgan fingerprint density at radius 2 is 2.50 bits per heavy atom. The minimum Gasteiger partial charge on any atom is -0.328 e. The molecule has 0 aromatic heterocycles. The third kappa shape index (κ3) is 5.06. The normalized spacial score (nSPS) is 11.7. The summed E-state index contributed by atoms with van der Waals surface area (Å²) in [6, 6.07) is 0.0180. The number of hydrogen-bond donors (Lipinski definition) is 2. The fourth-order valence-electron chi connectivity index (χ4n) is 0.484. The number of amides is 1. The van der Waals surface area contributed by atoms with Gasteiger partial charge in [-0.15, -0.1) is 0 Å². The van der Waals surface area contributed by atoms with Crippen molar-refractivity contribution in [3.05, 3.63) is 0 Å². The number of rotatable bonds is 3. The molecule has 0 saturated carbocycles. The Morgan fingerprint density at radius 3 is 2.90 bits per heavy atom. The van der Waals surface area contributed by atoms with Crippen molar-refractivity contribution in [2.75, 3.05) is 0 Å². The lowest BCUT2D eigenvalue weighted by Gasteiger charge is -2.00. The average molecular weight is 141 g/mol. The van der Waals surface area contributed by atoms with Crippen molar-refractivity contribution in [3.8, 4) is 6.19 Å². The van der Waals surface area contributed by atoms with Crippen molar-refractivity contribution in [1.82, 2.24) is 5.32 Å². The molecule has 0 aliphatic heterocycles. The quantitative estimate of drug-likeness (QED) is 0.418. The van der Waals surface area contributed by atoms with Crippen LogP contribution in [0.5, 0.6) is 0 Å². The summed E-state index contributed by atoms with van der Waals surface area (Å²) in [7, 11) is 0. The lowest BCUT2D eigenvalue weighted by molar-refractivity contribution is -0.120. The molecule has 1 atom stereocenters. The van der Waals surface area contributed by atoms with Crippen LogP contribution in [-0.2, 0) is 4.79 Å². The number of nitrogens with one attached hydrogen (secondary N) is 1. The summed E-state index contributed by atoms with van der Waals surface area (Å²) in [5.41, 5.74) is 5.37. The first-order valence-electron chi connectivity index (χ1n) is 3.10. The first-order chi connectivity index (χ1) is 4.66. The molecule has 1 unspecified atom stereocenters. The van der Waals surface area contributed by atoms with Gasteiger partial charge in [0, 0.05) is 12.5 Å². The summed E-state index contributed by atoms with van der Waals surface area (Å²) in [6.07, 6.45) is 2.49. The molecule has 4 nitrogen and oxygen atoms in total. The van der Waals surface area contributed by atoms with Crippen molar-refractivity contribution in [2.45, 2.75) is 25.8 Å². The highest BCUT2D eigenvalue weighted by Gasteiger charge is 2.00. The summed E-state index contributed by atoms with van der Waals surface area (Å²) in [5, 5.41) is 10.0. The monoisotopic (exact) mass is 141 g/mol. The Morgan fingerprint density at radius 1 is 1.90 bits per heavy atom. The van der Waals surface area contributed by atoms with E-state index >= 15 is 0 Å². The third-order valence-electron chi connectivity index (χ3n) is 1.02. The topological polar surface area (TPSA) is 78.9 Å². The molecule has 0 aliphatic carbocycles. The van der Waals surface area contributed by atoms with Crippen LogP contribution in [0.1, 0.15) is 19.8 Å². The van der Waals surface area contributed by atoms with Gasteiger partial charge in [0.2, 0.25) is 5.91 Å². The van der Waals surface area contributed by atoms with E-state index in [1.807, 2.05) is 12.2 Å². The average Bonchev–Trinajstić information content (AvgIpc) is 1.85. The highest BCUT2D eigenvalue weighted by atomic mass is 16.1. The van der Waals surface area contributed by atoms with Crippen LogP contribution >= 0.6 is 0 Å². The van der Waals surface area contributed by atoms with Crippen LogP contribution < -0.4 is 11.1 Å². The van der Waals surface area contributed by atoms with E-state index < -0.39 is 0 Å². The van der Waals surface area contributed by atoms with E-state index in [2.05, 4.69) is 0 Å². The number of nitrogens with two attached hydrogens (primary N) is 1. The summed E-state index contributed by atoms with van der Waals surface area (Å²) in [6.45, 7) is 1.82. The molecule has 0 radical (unpaired) electrons. The molecular formula is C6H11N3O. The second-order valence-corrected chi connectivity index (χ2v) is 2.18. The van der Waals surface area contributed by atoms with Crippen LogP contribution in [0.25, 0.3) is 0 Å². The van der Waals surface area contributed by atoms with E-state index in [-0.39, 0.29) is 11.9 Å². The fourth-order valence-corrected chi connectivity index (χ4v) is 0.484. The van der Waals surface area contributed by atoms with E-state index in [1.165, 1.54) is 0 Å². The van der Waals surface area contributed by atoms with Gasteiger partial charge in [-0.25, -0.2) is 0 Å². The van der Waals surface area contributed by atoms with Gasteiger partial charge in [-0.3, -0.25) is 10.1 Å². The van der Waals surface area contributed by atoms with Gasteiger partial charge < -0.3 is 5.73 Å². The second kappa shape index (κ2) is 4.77. The molecule has 10 heavy (non-hydrogen) atoms. The molecular weight excluding hydrogens is 130 g/mol. The van der Waals surface area contributed by atoms with Crippen molar-refractivity contribution < 1.29 is 4.79 Å². The zero-order chi connectivity index (χ0) is 7.98. The maximum Gasteiger partial charge on any atom is 0.233 e. The van der Waals surface area contributed by atoms with E-state index in [9.17, 15) is 4.79 Å². The van der Waals surface area contributed by atoms with Crippen LogP contribution in [0.3, 0.4) is 0 Å². The number of hydrogen-bond acceptors (Lipinski definition) is 3. The molecule has 0 aromatic carbocycles. The predicted molar refractivity (Wildman–Crippen MR) is 36.6 cm³/mol. The Kier molecular flexibility index (Phi) is 4.25. The minimum atomic E-state index is -0.264. The molecule has 0 heterocycles. The molecule has 4 heteroatoms. The van der Waals surface area contributed by atoms with Gasteiger partial charge in [0.15, 0.2) is 6.19 Å². The summed E-state index contributed by atoms with van der Waals surface area (Å²) < 4.78 is 0.